The zero-order chi connectivity index (χ0) is 19.7. The van der Waals surface area contributed by atoms with Crippen LogP contribution in [0.25, 0.3) is 0 Å². The molecule has 0 saturated carbocycles. The Hall–Kier alpha value is -3.03. The number of nitrogens with zero attached hydrogens (tertiary/aromatic N) is 4. The van der Waals surface area contributed by atoms with Crippen LogP contribution in [-0.4, -0.2) is 55.5 Å². The van der Waals surface area contributed by atoms with Crippen molar-refractivity contribution in [2.45, 2.75) is 33.2 Å². The van der Waals surface area contributed by atoms with Crippen LogP contribution in [0.1, 0.15) is 40.3 Å². The minimum atomic E-state index is -0.939. The molecule has 3 rings (SSSR count). The number of carboxylic acid groups (broad SMARTS) is 1. The number of amides is 1. The number of Topliss-reactive ketones (excluding diaryl/α,β-unsaturated/α-hetero) is 1. The van der Waals surface area contributed by atoms with Crippen molar-refractivity contribution in [2.24, 2.45) is 5.92 Å². The standard InChI is InChI=1S/C19H22N4O4/c1-11-18(13(3)24)12(2)23(21-11)10-17(25)22-8-14(15(9-22)19(26)27)16-6-4-5-7-20-16/h4-7,14-15H,8-10H2,1-3H3,(H,26,27)/t14-,15-/m1/s1. The fourth-order valence-electron chi connectivity index (χ4n) is 3.74. The second kappa shape index (κ2) is 7.30. The first-order chi connectivity index (χ1) is 12.8. The maximum Gasteiger partial charge on any atom is 0.309 e. The number of hydrogen-bond acceptors (Lipinski definition) is 5. The third kappa shape index (κ3) is 3.60. The Balaban J connectivity index is 1.79. The van der Waals surface area contributed by atoms with Crippen LogP contribution in [0.15, 0.2) is 24.4 Å². The quantitative estimate of drug-likeness (QED) is 0.798. The Bertz CT molecular complexity index is 891. The first kappa shape index (κ1) is 18.8. The van der Waals surface area contributed by atoms with E-state index in [1.807, 2.05) is 6.07 Å². The summed E-state index contributed by atoms with van der Waals surface area (Å²) >= 11 is 0. The molecule has 2 atom stereocenters. The van der Waals surface area contributed by atoms with Crippen molar-refractivity contribution in [3.63, 3.8) is 0 Å². The average Bonchev–Trinajstić information content (AvgIpc) is 3.18. The number of aryl methyl sites for hydroxylation is 1. The first-order valence-corrected chi connectivity index (χ1v) is 8.76. The van der Waals surface area contributed by atoms with Gasteiger partial charge in [0.15, 0.2) is 5.78 Å². The number of carboxylic acids is 1. The van der Waals surface area contributed by atoms with Gasteiger partial charge in [-0.15, -0.1) is 0 Å². The second-order valence-electron chi connectivity index (χ2n) is 6.86. The van der Waals surface area contributed by atoms with Gasteiger partial charge in [-0.3, -0.25) is 24.0 Å². The van der Waals surface area contributed by atoms with Crippen LogP contribution in [-0.2, 0) is 16.1 Å². The number of ketones is 1. The molecule has 27 heavy (non-hydrogen) atoms. The summed E-state index contributed by atoms with van der Waals surface area (Å²) in [4.78, 5) is 42.0. The van der Waals surface area contributed by atoms with E-state index in [-0.39, 0.29) is 30.7 Å². The van der Waals surface area contributed by atoms with Gasteiger partial charge < -0.3 is 10.0 Å². The van der Waals surface area contributed by atoms with Crippen molar-refractivity contribution in [1.82, 2.24) is 19.7 Å². The Kier molecular flexibility index (Phi) is 5.07. The molecule has 1 fully saturated rings. The summed E-state index contributed by atoms with van der Waals surface area (Å²) in [7, 11) is 0. The van der Waals surface area contributed by atoms with Crippen LogP contribution in [0.2, 0.25) is 0 Å². The molecular formula is C19H22N4O4. The molecule has 0 aliphatic carbocycles. The van der Waals surface area contributed by atoms with Gasteiger partial charge in [0.25, 0.3) is 0 Å². The molecule has 0 radical (unpaired) electrons. The number of rotatable bonds is 5. The number of likely N-dealkylation sites (tertiary alicyclic amines) is 1. The van der Waals surface area contributed by atoms with Crippen LogP contribution < -0.4 is 0 Å². The smallest absolute Gasteiger partial charge is 0.309 e. The van der Waals surface area contributed by atoms with Gasteiger partial charge in [-0.2, -0.15) is 5.10 Å². The van der Waals surface area contributed by atoms with Gasteiger partial charge in [-0.25, -0.2) is 0 Å². The summed E-state index contributed by atoms with van der Waals surface area (Å²) in [5.41, 5.74) is 2.43. The molecule has 0 bridgehead atoms. The Morgan fingerprint density at radius 1 is 1.22 bits per heavy atom. The molecule has 1 amide bonds. The second-order valence-corrected chi connectivity index (χ2v) is 6.86. The van der Waals surface area contributed by atoms with Crippen LogP contribution in [0, 0.1) is 19.8 Å². The minimum absolute atomic E-state index is 0.0266. The lowest BCUT2D eigenvalue weighted by atomic mass is 9.93. The number of pyridine rings is 1. The lowest BCUT2D eigenvalue weighted by molar-refractivity contribution is -0.142. The summed E-state index contributed by atoms with van der Waals surface area (Å²) in [6, 6.07) is 5.37. The Morgan fingerprint density at radius 2 is 1.96 bits per heavy atom. The predicted molar refractivity (Wildman–Crippen MR) is 96.4 cm³/mol. The van der Waals surface area contributed by atoms with E-state index in [0.29, 0.717) is 29.2 Å². The lowest BCUT2D eigenvalue weighted by Crippen LogP contribution is -2.33. The van der Waals surface area contributed by atoms with E-state index in [1.165, 1.54) is 11.6 Å². The SMILES string of the molecule is CC(=O)c1c(C)nn(CC(=O)N2C[C@@H](C(=O)O)[C@H](c3ccccn3)C2)c1C. The molecule has 2 aromatic heterocycles. The van der Waals surface area contributed by atoms with Crippen LogP contribution >= 0.6 is 0 Å². The monoisotopic (exact) mass is 370 g/mol. The molecule has 142 valence electrons. The van der Waals surface area contributed by atoms with Gasteiger partial charge in [-0.05, 0) is 32.9 Å². The third-order valence-electron chi connectivity index (χ3n) is 5.08. The van der Waals surface area contributed by atoms with Crippen molar-refractivity contribution in [3.8, 4) is 0 Å². The fraction of sp³-hybridized carbons (Fsp3) is 0.421. The molecule has 2 aromatic rings. The maximum absolute atomic E-state index is 12.8. The average molecular weight is 370 g/mol. The highest BCUT2D eigenvalue weighted by atomic mass is 16.4. The molecule has 0 aromatic carbocycles. The molecule has 1 saturated heterocycles. The normalized spacial score (nSPS) is 19.3. The Labute approximate surface area is 156 Å². The van der Waals surface area contributed by atoms with Crippen molar-refractivity contribution in [3.05, 3.63) is 47.0 Å². The summed E-state index contributed by atoms with van der Waals surface area (Å²) < 4.78 is 1.51. The Morgan fingerprint density at radius 3 is 2.52 bits per heavy atom. The molecule has 8 heteroatoms. The van der Waals surface area contributed by atoms with Crippen LogP contribution in [0.5, 0.6) is 0 Å². The molecule has 3 heterocycles. The largest absolute Gasteiger partial charge is 0.481 e. The number of aromatic nitrogens is 3. The van der Waals surface area contributed by atoms with Crippen molar-refractivity contribution >= 4 is 17.7 Å². The highest BCUT2D eigenvalue weighted by Gasteiger charge is 2.41. The van der Waals surface area contributed by atoms with Gasteiger partial charge in [0.05, 0.1) is 17.2 Å². The molecular weight excluding hydrogens is 348 g/mol. The summed E-state index contributed by atoms with van der Waals surface area (Å²) in [6.45, 7) is 5.36. The summed E-state index contributed by atoms with van der Waals surface area (Å²) in [6.07, 6.45) is 1.62. The van der Waals surface area contributed by atoms with E-state index in [4.69, 9.17) is 0 Å². The topological polar surface area (TPSA) is 105 Å². The van der Waals surface area contributed by atoms with Gasteiger partial charge in [0, 0.05) is 36.6 Å². The van der Waals surface area contributed by atoms with E-state index in [0.717, 1.165) is 0 Å². The molecule has 0 unspecified atom stereocenters. The zero-order valence-corrected chi connectivity index (χ0v) is 15.5. The third-order valence-corrected chi connectivity index (χ3v) is 5.08. The minimum Gasteiger partial charge on any atom is -0.481 e. The maximum atomic E-state index is 12.8. The molecule has 1 aliphatic heterocycles. The van der Waals surface area contributed by atoms with Gasteiger partial charge in [0.2, 0.25) is 5.91 Å². The van der Waals surface area contributed by atoms with E-state index >= 15 is 0 Å². The molecule has 8 nitrogen and oxygen atoms in total. The highest BCUT2D eigenvalue weighted by molar-refractivity contribution is 5.96. The van der Waals surface area contributed by atoms with Gasteiger partial charge in [-0.1, -0.05) is 6.07 Å². The summed E-state index contributed by atoms with van der Waals surface area (Å²) in [5.74, 6) is -2.30. The number of hydrogen-bond donors (Lipinski definition) is 1. The van der Waals surface area contributed by atoms with Crippen molar-refractivity contribution in [2.75, 3.05) is 13.1 Å². The predicted octanol–water partition coefficient (Wildman–Crippen LogP) is 1.42. The van der Waals surface area contributed by atoms with Crippen molar-refractivity contribution in [1.29, 1.82) is 0 Å². The van der Waals surface area contributed by atoms with Crippen molar-refractivity contribution < 1.29 is 19.5 Å². The number of carbonyl (C=O) groups excluding carboxylic acids is 2. The lowest BCUT2D eigenvalue weighted by Gasteiger charge is -2.17. The molecule has 1 aliphatic rings. The number of aliphatic carboxylic acids is 1. The van der Waals surface area contributed by atoms with E-state index in [2.05, 4.69) is 10.1 Å². The molecule has 1 N–H and O–H groups in total. The van der Waals surface area contributed by atoms with E-state index in [9.17, 15) is 19.5 Å². The van der Waals surface area contributed by atoms with Crippen LogP contribution in [0.3, 0.4) is 0 Å². The number of carbonyl (C=O) groups is 3. The molecule has 0 spiro atoms. The first-order valence-electron chi connectivity index (χ1n) is 8.76. The van der Waals surface area contributed by atoms with Gasteiger partial charge in [0.1, 0.15) is 6.54 Å². The van der Waals surface area contributed by atoms with E-state index < -0.39 is 11.9 Å². The highest BCUT2D eigenvalue weighted by Crippen LogP contribution is 2.32. The zero-order valence-electron chi connectivity index (χ0n) is 15.5. The van der Waals surface area contributed by atoms with Crippen LogP contribution in [0.4, 0.5) is 0 Å². The summed E-state index contributed by atoms with van der Waals surface area (Å²) in [5, 5.41) is 13.9. The fourth-order valence-corrected chi connectivity index (χ4v) is 3.74. The van der Waals surface area contributed by atoms with Gasteiger partial charge >= 0.3 is 5.97 Å². The van der Waals surface area contributed by atoms with E-state index in [1.54, 1.807) is 37.1 Å².